The van der Waals surface area contributed by atoms with E-state index in [0.29, 0.717) is 24.9 Å². The normalized spacial score (nSPS) is 27.2. The van der Waals surface area contributed by atoms with Gasteiger partial charge in [-0.15, -0.1) is 13.2 Å². The summed E-state index contributed by atoms with van der Waals surface area (Å²) in [7, 11) is 0. The number of amides is 2. The van der Waals surface area contributed by atoms with Crippen LogP contribution in [0.5, 0.6) is 0 Å². The number of fused-ring (bicyclic) bond motifs is 1. The zero-order valence-electron chi connectivity index (χ0n) is 22.4. The first kappa shape index (κ1) is 27.9. The Bertz CT molecular complexity index is 1050. The van der Waals surface area contributed by atoms with Gasteiger partial charge in [-0.25, -0.2) is 0 Å². The predicted molar refractivity (Wildman–Crippen MR) is 145 cm³/mol. The Hall–Kier alpha value is -3.17. The molecule has 9 nitrogen and oxygen atoms in total. The van der Waals surface area contributed by atoms with Crippen molar-refractivity contribution < 1.29 is 29.0 Å². The van der Waals surface area contributed by atoms with E-state index in [0.717, 1.165) is 18.8 Å². The predicted octanol–water partition coefficient (Wildman–Crippen LogP) is 2.54. The van der Waals surface area contributed by atoms with E-state index in [-0.39, 0.29) is 38.1 Å². The molecule has 38 heavy (non-hydrogen) atoms. The number of esters is 1. The molecule has 1 aromatic carbocycles. The first-order chi connectivity index (χ1) is 18.4. The standard InChI is InChI=1S/C29H39N3O6/c1-5-9-19-37-28(36)23-22-14-15-29(38-22)24(23)26(34)32(17-18-33)25(29)27(35)31(16-6-2)21-12-10-20(11-13-21)30(7-3)8-4/h5-6,10-13,22-25,33H,1-2,7-9,14-19H2,3-4H3/t22-,23+,24+,25?,29?/m1/s1. The molecule has 3 heterocycles. The van der Waals surface area contributed by atoms with Crippen LogP contribution in [0.2, 0.25) is 0 Å². The molecule has 0 saturated carbocycles. The van der Waals surface area contributed by atoms with Gasteiger partial charge in [0.05, 0.1) is 31.2 Å². The Kier molecular flexibility index (Phi) is 8.57. The molecule has 2 amide bonds. The number of anilines is 2. The molecule has 0 radical (unpaired) electrons. The third-order valence-electron chi connectivity index (χ3n) is 8.08. The summed E-state index contributed by atoms with van der Waals surface area (Å²) in [5, 5.41) is 9.80. The van der Waals surface area contributed by atoms with E-state index < -0.39 is 35.6 Å². The lowest BCUT2D eigenvalue weighted by Gasteiger charge is -2.36. The minimum absolute atomic E-state index is 0.0252. The average molecular weight is 526 g/mol. The second kappa shape index (κ2) is 11.7. The topological polar surface area (TPSA) is 99.6 Å². The minimum atomic E-state index is -1.14. The van der Waals surface area contributed by atoms with Crippen molar-refractivity contribution >= 4 is 29.2 Å². The molecule has 2 unspecified atom stereocenters. The van der Waals surface area contributed by atoms with Crippen molar-refractivity contribution in [2.24, 2.45) is 11.8 Å². The van der Waals surface area contributed by atoms with Crippen molar-refractivity contribution in [1.29, 1.82) is 0 Å². The lowest BCUT2D eigenvalue weighted by molar-refractivity contribution is -0.155. The number of nitrogens with zero attached hydrogens (tertiary/aromatic N) is 3. The van der Waals surface area contributed by atoms with Crippen LogP contribution in [0.15, 0.2) is 49.6 Å². The number of ether oxygens (including phenoxy) is 2. The average Bonchev–Trinajstić information content (AvgIpc) is 3.56. The van der Waals surface area contributed by atoms with Gasteiger partial charge in [0.25, 0.3) is 5.91 Å². The number of aliphatic hydroxyl groups is 1. The third-order valence-corrected chi connectivity index (χ3v) is 8.08. The van der Waals surface area contributed by atoms with Crippen molar-refractivity contribution in [1.82, 2.24) is 4.90 Å². The first-order valence-electron chi connectivity index (χ1n) is 13.5. The molecule has 206 valence electrons. The van der Waals surface area contributed by atoms with Crippen molar-refractivity contribution in [3.63, 3.8) is 0 Å². The van der Waals surface area contributed by atoms with Crippen LogP contribution < -0.4 is 9.80 Å². The van der Waals surface area contributed by atoms with E-state index in [1.807, 2.05) is 24.3 Å². The number of hydrogen-bond donors (Lipinski definition) is 1. The van der Waals surface area contributed by atoms with Crippen LogP contribution in [0, 0.1) is 11.8 Å². The molecule has 1 spiro atoms. The quantitative estimate of drug-likeness (QED) is 0.240. The Balaban J connectivity index is 1.67. The maximum absolute atomic E-state index is 14.3. The van der Waals surface area contributed by atoms with E-state index in [1.54, 1.807) is 17.1 Å². The lowest BCUT2D eigenvalue weighted by Crippen LogP contribution is -2.56. The van der Waals surface area contributed by atoms with Gasteiger partial charge in [-0.3, -0.25) is 14.4 Å². The maximum Gasteiger partial charge on any atom is 0.312 e. The molecule has 5 atom stereocenters. The van der Waals surface area contributed by atoms with Crippen molar-refractivity contribution in [3.05, 3.63) is 49.6 Å². The molecular formula is C29H39N3O6. The lowest BCUT2D eigenvalue weighted by atomic mass is 9.70. The van der Waals surface area contributed by atoms with Crippen LogP contribution in [0.25, 0.3) is 0 Å². The Morgan fingerprint density at radius 2 is 1.87 bits per heavy atom. The van der Waals surface area contributed by atoms with E-state index in [4.69, 9.17) is 9.47 Å². The third kappa shape index (κ3) is 4.62. The van der Waals surface area contributed by atoms with Gasteiger partial charge in [-0.05, 0) is 57.4 Å². The van der Waals surface area contributed by atoms with Crippen molar-refractivity contribution in [3.8, 4) is 0 Å². The minimum Gasteiger partial charge on any atom is -0.465 e. The van der Waals surface area contributed by atoms with E-state index in [1.165, 1.54) is 4.90 Å². The van der Waals surface area contributed by atoms with Crippen LogP contribution >= 0.6 is 0 Å². The second-order valence-electron chi connectivity index (χ2n) is 9.98. The number of aliphatic hydroxyl groups excluding tert-OH is 1. The largest absolute Gasteiger partial charge is 0.465 e. The summed E-state index contributed by atoms with van der Waals surface area (Å²) in [4.78, 5) is 46.3. The Labute approximate surface area is 224 Å². The highest BCUT2D eigenvalue weighted by molar-refractivity contribution is 6.04. The number of carbonyl (C=O) groups excluding carboxylic acids is 3. The second-order valence-corrected chi connectivity index (χ2v) is 9.98. The summed E-state index contributed by atoms with van der Waals surface area (Å²) in [6, 6.07) is 6.77. The van der Waals surface area contributed by atoms with Gasteiger partial charge in [-0.1, -0.05) is 12.2 Å². The number of hydrogen-bond acceptors (Lipinski definition) is 7. The Morgan fingerprint density at radius 1 is 1.18 bits per heavy atom. The van der Waals surface area contributed by atoms with Gasteiger partial charge < -0.3 is 29.3 Å². The zero-order chi connectivity index (χ0) is 27.4. The zero-order valence-corrected chi connectivity index (χ0v) is 22.4. The molecule has 3 aliphatic heterocycles. The van der Waals surface area contributed by atoms with Gasteiger partial charge in [0.1, 0.15) is 11.6 Å². The van der Waals surface area contributed by atoms with E-state index in [2.05, 4.69) is 31.9 Å². The van der Waals surface area contributed by atoms with E-state index >= 15 is 0 Å². The van der Waals surface area contributed by atoms with Crippen molar-refractivity contribution in [2.75, 3.05) is 49.2 Å². The Morgan fingerprint density at radius 3 is 2.47 bits per heavy atom. The molecule has 0 aliphatic carbocycles. The fraction of sp³-hybridized carbons (Fsp3) is 0.552. The maximum atomic E-state index is 14.3. The van der Waals surface area contributed by atoms with Gasteiger partial charge in [0.15, 0.2) is 0 Å². The smallest absolute Gasteiger partial charge is 0.312 e. The molecule has 9 heteroatoms. The monoisotopic (exact) mass is 525 g/mol. The fourth-order valence-corrected chi connectivity index (χ4v) is 6.42. The summed E-state index contributed by atoms with van der Waals surface area (Å²) in [6.07, 6.45) is 4.37. The van der Waals surface area contributed by atoms with Crippen molar-refractivity contribution in [2.45, 2.75) is 50.9 Å². The van der Waals surface area contributed by atoms with Crippen LogP contribution in [0.4, 0.5) is 11.4 Å². The highest BCUT2D eigenvalue weighted by atomic mass is 16.6. The number of likely N-dealkylation sites (tertiary alicyclic amines) is 1. The summed E-state index contributed by atoms with van der Waals surface area (Å²) in [5.41, 5.74) is 0.586. The fourth-order valence-electron chi connectivity index (χ4n) is 6.42. The number of rotatable bonds is 13. The summed E-state index contributed by atoms with van der Waals surface area (Å²) >= 11 is 0. The molecule has 3 saturated heterocycles. The molecule has 3 fully saturated rings. The van der Waals surface area contributed by atoms with Crippen LogP contribution in [0.3, 0.4) is 0 Å². The molecule has 2 bridgehead atoms. The van der Waals surface area contributed by atoms with Gasteiger partial charge in [0.2, 0.25) is 5.91 Å². The van der Waals surface area contributed by atoms with Gasteiger partial charge in [-0.2, -0.15) is 0 Å². The summed E-state index contributed by atoms with van der Waals surface area (Å²) in [6.45, 7) is 13.5. The molecule has 4 rings (SSSR count). The number of carbonyl (C=O) groups is 3. The molecule has 0 aromatic heterocycles. The molecular weight excluding hydrogens is 486 g/mol. The molecule has 3 aliphatic rings. The SMILES string of the molecule is C=CCCOC(=O)[C@@H]1[C@H]2C(=O)N(CCO)C(C(=O)N(CC=C)c3ccc(N(CC)CC)cc3)C23CC[C@H]1O3. The van der Waals surface area contributed by atoms with Gasteiger partial charge in [0, 0.05) is 37.6 Å². The highest BCUT2D eigenvalue weighted by Crippen LogP contribution is 2.58. The first-order valence-corrected chi connectivity index (χ1v) is 13.5. The summed E-state index contributed by atoms with van der Waals surface area (Å²) in [5.74, 6) is -2.74. The van der Waals surface area contributed by atoms with Crippen LogP contribution in [-0.2, 0) is 23.9 Å². The van der Waals surface area contributed by atoms with Crippen LogP contribution in [-0.4, -0.2) is 84.9 Å². The summed E-state index contributed by atoms with van der Waals surface area (Å²) < 4.78 is 11.8. The number of benzene rings is 1. The van der Waals surface area contributed by atoms with Gasteiger partial charge >= 0.3 is 5.97 Å². The molecule has 1 aromatic rings. The molecule has 1 N–H and O–H groups in total. The number of β-amino-alcohol motifs (C(OH)–C–C–N with tert-alkyl or cyclic N) is 1. The highest BCUT2D eigenvalue weighted by Gasteiger charge is 2.75. The van der Waals surface area contributed by atoms with E-state index in [9.17, 15) is 19.5 Å². The van der Waals surface area contributed by atoms with Crippen LogP contribution in [0.1, 0.15) is 33.1 Å².